The molecule has 0 spiro atoms. The Morgan fingerprint density at radius 1 is 0.938 bits per heavy atom. The van der Waals surface area contributed by atoms with Gasteiger partial charge in [0.1, 0.15) is 8.07 Å². The lowest BCUT2D eigenvalue weighted by Gasteiger charge is -2.02. The van der Waals surface area contributed by atoms with Crippen LogP contribution in [-0.4, -0.2) is 8.07 Å². The molecule has 0 unspecified atom stereocenters. The summed E-state index contributed by atoms with van der Waals surface area (Å²) in [4.78, 5) is 0. The molecule has 0 nitrogen and oxygen atoms in total. The number of allylic oxidation sites excluding steroid dienone is 2. The normalized spacial score (nSPS) is 11.5. The van der Waals surface area contributed by atoms with Gasteiger partial charge in [-0.2, -0.15) is 0 Å². The zero-order valence-corrected chi connectivity index (χ0v) is 12.6. The summed E-state index contributed by atoms with van der Waals surface area (Å²) in [5.41, 5.74) is 3.40. The summed E-state index contributed by atoms with van der Waals surface area (Å²) < 4.78 is 0. The zero-order valence-electron chi connectivity index (χ0n) is 11.6. The van der Waals surface area contributed by atoms with Crippen molar-refractivity contribution in [1.82, 2.24) is 0 Å². The lowest BCUT2D eigenvalue weighted by Crippen LogP contribution is -2.16. The first-order valence-electron chi connectivity index (χ1n) is 6.71. The van der Waals surface area contributed by atoms with E-state index in [2.05, 4.69) is 50.2 Å². The third-order valence-electron chi connectivity index (χ3n) is 2.29. The highest BCUT2D eigenvalue weighted by molar-refractivity contribution is 6.83. The van der Waals surface area contributed by atoms with Crippen LogP contribution in [0.5, 0.6) is 0 Å². The molecule has 0 N–H and O–H groups in total. The van der Waals surface area contributed by atoms with Gasteiger partial charge in [-0.1, -0.05) is 58.0 Å². The minimum atomic E-state index is -1.13. The van der Waals surface area contributed by atoms with Gasteiger partial charge in [-0.25, -0.2) is 0 Å². The SMILES string of the molecule is CCCCCC/C=C/CCC#C[Si](C)(C)C. The highest BCUT2D eigenvalue weighted by Gasteiger charge is 2.06. The Bertz CT molecular complexity index is 234. The Hall–Kier alpha value is -0.483. The summed E-state index contributed by atoms with van der Waals surface area (Å²) in [5.74, 6) is 3.30. The van der Waals surface area contributed by atoms with Crippen molar-refractivity contribution in [2.45, 2.75) is 71.5 Å². The average Bonchev–Trinajstić information content (AvgIpc) is 2.19. The highest BCUT2D eigenvalue weighted by atomic mass is 28.3. The first-order valence-corrected chi connectivity index (χ1v) is 10.2. The molecule has 92 valence electrons. The van der Waals surface area contributed by atoms with Crippen LogP contribution in [0.2, 0.25) is 19.6 Å². The Morgan fingerprint density at radius 3 is 2.25 bits per heavy atom. The lowest BCUT2D eigenvalue weighted by molar-refractivity contribution is 0.674. The van der Waals surface area contributed by atoms with Gasteiger partial charge in [-0.15, -0.1) is 11.5 Å². The molecule has 0 aliphatic carbocycles. The number of hydrogen-bond donors (Lipinski definition) is 0. The summed E-state index contributed by atoms with van der Waals surface area (Å²) in [7, 11) is -1.13. The van der Waals surface area contributed by atoms with Crippen molar-refractivity contribution in [3.63, 3.8) is 0 Å². The zero-order chi connectivity index (χ0) is 12.3. The molecule has 16 heavy (non-hydrogen) atoms. The van der Waals surface area contributed by atoms with Crippen molar-refractivity contribution >= 4 is 8.07 Å². The predicted octanol–water partition coefficient (Wildman–Crippen LogP) is 5.17. The van der Waals surface area contributed by atoms with Gasteiger partial charge in [0.25, 0.3) is 0 Å². The van der Waals surface area contributed by atoms with Gasteiger partial charge >= 0.3 is 0 Å². The average molecular weight is 236 g/mol. The fraction of sp³-hybridized carbons (Fsp3) is 0.733. The summed E-state index contributed by atoms with van der Waals surface area (Å²) in [6.45, 7) is 9.14. The topological polar surface area (TPSA) is 0 Å². The lowest BCUT2D eigenvalue weighted by atomic mass is 10.1. The molecule has 0 aromatic carbocycles. The Kier molecular flexibility index (Phi) is 9.43. The largest absolute Gasteiger partial charge is 0.132 e. The van der Waals surface area contributed by atoms with E-state index in [0.29, 0.717) is 0 Å². The first-order chi connectivity index (χ1) is 7.56. The second-order valence-corrected chi connectivity index (χ2v) is 10.2. The Morgan fingerprint density at radius 2 is 1.62 bits per heavy atom. The third-order valence-corrected chi connectivity index (χ3v) is 3.22. The molecule has 0 aliphatic heterocycles. The molecular formula is C15H28Si. The summed E-state index contributed by atoms with van der Waals surface area (Å²) in [5, 5.41) is 0. The maximum absolute atomic E-state index is 3.40. The molecule has 0 atom stereocenters. The Balaban J connectivity index is 3.37. The van der Waals surface area contributed by atoms with Gasteiger partial charge < -0.3 is 0 Å². The van der Waals surface area contributed by atoms with Crippen molar-refractivity contribution in [3.05, 3.63) is 12.2 Å². The molecule has 0 amide bonds. The van der Waals surface area contributed by atoms with Crippen LogP contribution in [0.25, 0.3) is 0 Å². The standard InChI is InChI=1S/C15H28Si/c1-5-6-7-8-9-10-11-12-13-14-15-16(2,3)4/h10-11H,5-9,12-13H2,1-4H3/b11-10+. The second-order valence-electron chi connectivity index (χ2n) is 5.41. The van der Waals surface area contributed by atoms with Crippen LogP contribution in [0.3, 0.4) is 0 Å². The molecule has 0 heterocycles. The minimum Gasteiger partial charge on any atom is -0.132 e. The smallest absolute Gasteiger partial charge is 0.129 e. The van der Waals surface area contributed by atoms with E-state index in [4.69, 9.17) is 0 Å². The van der Waals surface area contributed by atoms with E-state index in [9.17, 15) is 0 Å². The van der Waals surface area contributed by atoms with Crippen LogP contribution in [0.1, 0.15) is 51.9 Å². The van der Waals surface area contributed by atoms with Gasteiger partial charge in [-0.05, 0) is 19.3 Å². The molecule has 0 bridgehead atoms. The van der Waals surface area contributed by atoms with Crippen molar-refractivity contribution in [2.75, 3.05) is 0 Å². The van der Waals surface area contributed by atoms with Crippen LogP contribution in [-0.2, 0) is 0 Å². The van der Waals surface area contributed by atoms with Gasteiger partial charge in [0, 0.05) is 6.42 Å². The van der Waals surface area contributed by atoms with Crippen LogP contribution < -0.4 is 0 Å². The van der Waals surface area contributed by atoms with Crippen LogP contribution in [0.4, 0.5) is 0 Å². The van der Waals surface area contributed by atoms with E-state index in [-0.39, 0.29) is 0 Å². The fourth-order valence-corrected chi connectivity index (χ4v) is 2.06. The van der Waals surface area contributed by atoms with Crippen LogP contribution in [0.15, 0.2) is 12.2 Å². The molecule has 0 radical (unpaired) electrons. The summed E-state index contributed by atoms with van der Waals surface area (Å²) in [6.07, 6.45) is 13.5. The number of unbranched alkanes of at least 4 members (excludes halogenated alkanes) is 5. The van der Waals surface area contributed by atoms with Gasteiger partial charge in [0.15, 0.2) is 0 Å². The molecular weight excluding hydrogens is 208 g/mol. The first kappa shape index (κ1) is 15.5. The van der Waals surface area contributed by atoms with E-state index in [1.165, 1.54) is 32.1 Å². The maximum atomic E-state index is 3.40. The molecule has 0 rings (SSSR count). The molecule has 0 saturated carbocycles. The number of rotatable bonds is 7. The van der Waals surface area contributed by atoms with E-state index in [1.807, 2.05) is 0 Å². The maximum Gasteiger partial charge on any atom is 0.129 e. The van der Waals surface area contributed by atoms with Crippen molar-refractivity contribution < 1.29 is 0 Å². The third kappa shape index (κ3) is 13.5. The van der Waals surface area contributed by atoms with Crippen molar-refractivity contribution in [3.8, 4) is 11.5 Å². The van der Waals surface area contributed by atoms with E-state index in [0.717, 1.165) is 12.8 Å². The van der Waals surface area contributed by atoms with E-state index >= 15 is 0 Å². The van der Waals surface area contributed by atoms with E-state index < -0.39 is 8.07 Å². The van der Waals surface area contributed by atoms with Gasteiger partial charge in [-0.3, -0.25) is 0 Å². The van der Waals surface area contributed by atoms with Gasteiger partial charge in [0.2, 0.25) is 0 Å². The molecule has 0 aromatic rings. The van der Waals surface area contributed by atoms with Crippen molar-refractivity contribution in [2.24, 2.45) is 0 Å². The van der Waals surface area contributed by atoms with Crippen LogP contribution in [0, 0.1) is 11.5 Å². The molecule has 0 aliphatic rings. The van der Waals surface area contributed by atoms with Gasteiger partial charge in [0.05, 0.1) is 0 Å². The number of hydrogen-bond acceptors (Lipinski definition) is 0. The quantitative estimate of drug-likeness (QED) is 0.247. The van der Waals surface area contributed by atoms with E-state index in [1.54, 1.807) is 0 Å². The van der Waals surface area contributed by atoms with Crippen molar-refractivity contribution in [1.29, 1.82) is 0 Å². The predicted molar refractivity (Wildman–Crippen MR) is 78.3 cm³/mol. The summed E-state index contributed by atoms with van der Waals surface area (Å²) >= 11 is 0. The highest BCUT2D eigenvalue weighted by Crippen LogP contribution is 2.03. The van der Waals surface area contributed by atoms with Crippen LogP contribution >= 0.6 is 0 Å². The molecule has 0 aromatic heterocycles. The Labute approximate surface area is 104 Å². The molecule has 0 fully saturated rings. The molecule has 1 heteroatoms. The molecule has 0 saturated heterocycles. The fourth-order valence-electron chi connectivity index (χ4n) is 1.41. The summed E-state index contributed by atoms with van der Waals surface area (Å²) in [6, 6.07) is 0. The minimum absolute atomic E-state index is 1.04. The second kappa shape index (κ2) is 9.72. The monoisotopic (exact) mass is 236 g/mol.